The number of anilines is 1. The van der Waals surface area contributed by atoms with Gasteiger partial charge in [-0.2, -0.15) is 9.61 Å². The Hall–Kier alpha value is -3.89. The summed E-state index contributed by atoms with van der Waals surface area (Å²) in [5, 5.41) is 16.2. The molecule has 0 bridgehead atoms. The van der Waals surface area contributed by atoms with Crippen LogP contribution < -0.4 is 4.90 Å². The molecule has 1 aromatic carbocycles. The molecule has 4 aromatic rings. The number of hydrogen-bond acceptors (Lipinski definition) is 7. The third kappa shape index (κ3) is 7.99. The van der Waals surface area contributed by atoms with E-state index in [1.54, 1.807) is 10.6 Å². The van der Waals surface area contributed by atoms with E-state index in [1.807, 2.05) is 58.2 Å². The number of fused-ring (bicyclic) bond motifs is 1. The maximum Gasteiger partial charge on any atom is 0.337 e. The summed E-state index contributed by atoms with van der Waals surface area (Å²) in [5.74, 6) is -0.629. The Morgan fingerprint density at radius 3 is 2.55 bits per heavy atom. The Morgan fingerprint density at radius 1 is 1.17 bits per heavy atom. The number of benzene rings is 1. The molecule has 5 rings (SSSR count). The number of thiazole rings is 1. The Kier molecular flexibility index (Phi) is 10.3. The highest BCUT2D eigenvalue weighted by Gasteiger charge is 2.37. The molecule has 1 aliphatic heterocycles. The molecule has 1 aliphatic rings. The molecular formula is C37H46FN5O3S. The van der Waals surface area contributed by atoms with Crippen molar-refractivity contribution in [3.8, 4) is 10.7 Å². The molecule has 1 N–H and O–H groups in total. The van der Waals surface area contributed by atoms with Crippen molar-refractivity contribution in [2.24, 2.45) is 5.41 Å². The highest BCUT2D eigenvalue weighted by Crippen LogP contribution is 2.41. The van der Waals surface area contributed by atoms with Gasteiger partial charge in [-0.1, -0.05) is 25.1 Å². The third-order valence-electron chi connectivity index (χ3n) is 8.91. The van der Waals surface area contributed by atoms with E-state index in [1.165, 1.54) is 17.4 Å². The number of carbonyl (C=O) groups is 1. The lowest BCUT2D eigenvalue weighted by molar-refractivity contribution is -0.160. The van der Waals surface area contributed by atoms with E-state index >= 15 is 0 Å². The largest absolute Gasteiger partial charge is 0.479 e. The number of rotatable bonds is 13. The lowest BCUT2D eigenvalue weighted by Gasteiger charge is -2.41. The maximum atomic E-state index is 14.2. The third-order valence-corrected chi connectivity index (χ3v) is 9.93. The molecule has 1 atom stereocenters. The van der Waals surface area contributed by atoms with Gasteiger partial charge in [0.15, 0.2) is 11.8 Å². The second-order valence-electron chi connectivity index (χ2n) is 13.9. The zero-order valence-corrected chi connectivity index (χ0v) is 29.0. The molecular weight excluding hydrogens is 614 g/mol. The van der Waals surface area contributed by atoms with Crippen LogP contribution in [0.4, 0.5) is 10.2 Å². The van der Waals surface area contributed by atoms with Crippen LogP contribution in [0.1, 0.15) is 93.2 Å². The molecule has 3 aromatic heterocycles. The van der Waals surface area contributed by atoms with Gasteiger partial charge in [-0.25, -0.2) is 19.2 Å². The Labute approximate surface area is 281 Å². The normalized spacial score (nSPS) is 15.6. The highest BCUT2D eigenvalue weighted by atomic mass is 32.1. The summed E-state index contributed by atoms with van der Waals surface area (Å²) < 4.78 is 22.2. The van der Waals surface area contributed by atoms with Crippen molar-refractivity contribution in [1.82, 2.24) is 19.6 Å². The Bertz CT molecular complexity index is 1760. The van der Waals surface area contributed by atoms with Crippen LogP contribution in [0.15, 0.2) is 55.8 Å². The number of hydrogen-bond donors (Lipinski definition) is 1. The van der Waals surface area contributed by atoms with Gasteiger partial charge in [0, 0.05) is 42.3 Å². The first-order valence-corrected chi connectivity index (χ1v) is 17.1. The molecule has 0 radical (unpaired) electrons. The minimum absolute atomic E-state index is 0.180. The number of allylic oxidation sites excluding steroid dienone is 2. The quantitative estimate of drug-likeness (QED) is 0.144. The van der Waals surface area contributed by atoms with Crippen LogP contribution in [0.2, 0.25) is 0 Å². The summed E-state index contributed by atoms with van der Waals surface area (Å²) in [6.07, 6.45) is 10.6. The summed E-state index contributed by atoms with van der Waals surface area (Å²) in [4.78, 5) is 25.5. The Morgan fingerprint density at radius 2 is 1.89 bits per heavy atom. The number of aliphatic carboxylic acids is 1. The van der Waals surface area contributed by atoms with Gasteiger partial charge in [-0.15, -0.1) is 24.5 Å². The predicted octanol–water partition coefficient (Wildman–Crippen LogP) is 8.52. The van der Waals surface area contributed by atoms with E-state index in [2.05, 4.69) is 25.0 Å². The first kappa shape index (κ1) is 34.4. The molecule has 0 aliphatic carbocycles. The predicted molar refractivity (Wildman–Crippen MR) is 187 cm³/mol. The zero-order chi connectivity index (χ0) is 33.9. The number of carboxylic acids is 1. The minimum atomic E-state index is -1.23. The lowest BCUT2D eigenvalue weighted by atomic mass is 9.76. The molecule has 0 spiro atoms. The van der Waals surface area contributed by atoms with Gasteiger partial charge in [0.05, 0.1) is 11.2 Å². The standard InChI is InChI=1S/C37H46FN5O3S/c1-8-10-12-25-13-14-27(38)20-26(25)21-28-23-39-33(47-28)29-22-30-40-24(3)31(32(35(44)45)46-36(4,5)6)34(43(30)41-29)42-18-16-37(7,17-19-42)15-11-9-2/h8-9,13-14,20,22-23,32H,1-2,10-12,15-19,21H2,3-7H3,(H,44,45). The minimum Gasteiger partial charge on any atom is -0.479 e. The van der Waals surface area contributed by atoms with Crippen LogP contribution >= 0.6 is 11.3 Å². The van der Waals surface area contributed by atoms with E-state index in [0.717, 1.165) is 72.6 Å². The molecule has 1 saturated heterocycles. The SMILES string of the molecule is C=CCCc1ccc(F)cc1Cc1cnc(-c2cc3nc(C)c(C(OC(C)(C)C)C(=O)O)c(N4CCC(C)(CCC=C)CC4)n3n2)s1. The van der Waals surface area contributed by atoms with E-state index in [4.69, 9.17) is 19.8 Å². The van der Waals surface area contributed by atoms with Gasteiger partial charge < -0.3 is 14.7 Å². The van der Waals surface area contributed by atoms with Gasteiger partial charge in [-0.05, 0) is 94.9 Å². The first-order chi connectivity index (χ1) is 22.3. The number of nitrogens with zero attached hydrogens (tertiary/aromatic N) is 5. The van der Waals surface area contributed by atoms with Crippen LogP contribution in [-0.2, 0) is 22.4 Å². The molecule has 0 amide bonds. The molecule has 250 valence electrons. The topological polar surface area (TPSA) is 92.8 Å². The molecule has 4 heterocycles. The van der Waals surface area contributed by atoms with Crippen molar-refractivity contribution in [1.29, 1.82) is 0 Å². The van der Waals surface area contributed by atoms with Crippen molar-refractivity contribution < 1.29 is 19.0 Å². The van der Waals surface area contributed by atoms with Crippen molar-refractivity contribution >= 4 is 28.8 Å². The summed E-state index contributed by atoms with van der Waals surface area (Å²) >= 11 is 1.51. The van der Waals surface area contributed by atoms with Gasteiger partial charge in [0.25, 0.3) is 0 Å². The monoisotopic (exact) mass is 659 g/mol. The van der Waals surface area contributed by atoms with Crippen molar-refractivity contribution in [2.75, 3.05) is 18.0 Å². The first-order valence-electron chi connectivity index (χ1n) is 16.3. The highest BCUT2D eigenvalue weighted by molar-refractivity contribution is 7.15. The van der Waals surface area contributed by atoms with Gasteiger partial charge in [0.1, 0.15) is 22.3 Å². The van der Waals surface area contributed by atoms with Gasteiger partial charge >= 0.3 is 5.97 Å². The fraction of sp³-hybridized carbons (Fsp3) is 0.459. The molecule has 47 heavy (non-hydrogen) atoms. The van der Waals surface area contributed by atoms with E-state index in [9.17, 15) is 14.3 Å². The lowest BCUT2D eigenvalue weighted by Crippen LogP contribution is -2.41. The summed E-state index contributed by atoms with van der Waals surface area (Å²) in [5.41, 5.74) is 3.88. The van der Waals surface area contributed by atoms with Crippen molar-refractivity contribution in [2.45, 2.75) is 91.3 Å². The smallest absolute Gasteiger partial charge is 0.337 e. The molecule has 1 unspecified atom stereocenters. The zero-order valence-electron chi connectivity index (χ0n) is 28.2. The number of aromatic nitrogens is 4. The van der Waals surface area contributed by atoms with Gasteiger partial charge in [0.2, 0.25) is 0 Å². The number of ether oxygens (including phenoxy) is 1. The summed E-state index contributed by atoms with van der Waals surface area (Å²) in [7, 11) is 0. The molecule has 8 nitrogen and oxygen atoms in total. The summed E-state index contributed by atoms with van der Waals surface area (Å²) in [6.45, 7) is 19.0. The summed E-state index contributed by atoms with van der Waals surface area (Å²) in [6, 6.07) is 6.85. The van der Waals surface area contributed by atoms with Gasteiger partial charge in [-0.3, -0.25) is 0 Å². The maximum absolute atomic E-state index is 14.2. The van der Waals surface area contributed by atoms with Crippen molar-refractivity contribution in [3.63, 3.8) is 0 Å². The van der Waals surface area contributed by atoms with E-state index in [-0.39, 0.29) is 11.2 Å². The van der Waals surface area contributed by atoms with Crippen LogP contribution in [-0.4, -0.2) is 49.3 Å². The fourth-order valence-electron chi connectivity index (χ4n) is 6.33. The average molecular weight is 660 g/mol. The number of piperidine rings is 1. The molecule has 10 heteroatoms. The van der Waals surface area contributed by atoms with Crippen LogP contribution in [0.5, 0.6) is 0 Å². The second-order valence-corrected chi connectivity index (χ2v) is 15.0. The molecule has 1 fully saturated rings. The number of carboxylic acid groups (broad SMARTS) is 1. The second kappa shape index (κ2) is 14.1. The average Bonchev–Trinajstić information content (AvgIpc) is 3.65. The Balaban J connectivity index is 1.55. The van der Waals surface area contributed by atoms with Crippen LogP contribution in [0.25, 0.3) is 16.3 Å². The van der Waals surface area contributed by atoms with Crippen LogP contribution in [0, 0.1) is 18.2 Å². The molecule has 0 saturated carbocycles. The van der Waals surface area contributed by atoms with Crippen LogP contribution in [0.3, 0.4) is 0 Å². The van der Waals surface area contributed by atoms with E-state index < -0.39 is 17.7 Å². The fourth-order valence-corrected chi connectivity index (χ4v) is 7.22. The van der Waals surface area contributed by atoms with Crippen molar-refractivity contribution in [3.05, 3.63) is 88.9 Å². The van der Waals surface area contributed by atoms with E-state index in [0.29, 0.717) is 34.8 Å². The number of aryl methyl sites for hydroxylation is 2. The number of halogens is 1.